The van der Waals surface area contributed by atoms with Crippen molar-refractivity contribution in [1.29, 1.82) is 0 Å². The molecule has 0 spiro atoms. The van der Waals surface area contributed by atoms with Gasteiger partial charge in [0.05, 0.1) is 18.7 Å². The predicted octanol–water partition coefficient (Wildman–Crippen LogP) is 3.48. The number of hydrogen-bond acceptors (Lipinski definition) is 4. The van der Waals surface area contributed by atoms with Crippen LogP contribution in [0.25, 0.3) is 10.9 Å². The van der Waals surface area contributed by atoms with Crippen LogP contribution in [-0.2, 0) is 4.74 Å². The second kappa shape index (κ2) is 7.30. The van der Waals surface area contributed by atoms with Gasteiger partial charge >= 0.3 is 0 Å². The van der Waals surface area contributed by atoms with Crippen LogP contribution >= 0.6 is 0 Å². The highest BCUT2D eigenvalue weighted by molar-refractivity contribution is 5.83. The number of piperidine rings is 1. The largest absolute Gasteiger partial charge is 0.379 e. The molecule has 1 aromatic carbocycles. The molecule has 4 nitrogen and oxygen atoms in total. The first-order valence-electron chi connectivity index (χ1n) is 9.65. The summed E-state index contributed by atoms with van der Waals surface area (Å²) < 4.78 is 5.50. The van der Waals surface area contributed by atoms with Gasteiger partial charge in [-0.25, -0.2) is 4.98 Å². The summed E-state index contributed by atoms with van der Waals surface area (Å²) in [7, 11) is 0. The van der Waals surface area contributed by atoms with Crippen LogP contribution in [0.2, 0.25) is 0 Å². The van der Waals surface area contributed by atoms with E-state index in [1.165, 1.54) is 23.8 Å². The number of rotatable bonds is 3. The minimum absolute atomic E-state index is 0.664. The maximum atomic E-state index is 5.50. The van der Waals surface area contributed by atoms with E-state index in [-0.39, 0.29) is 0 Å². The maximum Gasteiger partial charge on any atom is 0.129 e. The smallest absolute Gasteiger partial charge is 0.129 e. The molecule has 2 aliphatic heterocycles. The van der Waals surface area contributed by atoms with Crippen molar-refractivity contribution in [3.63, 3.8) is 0 Å². The lowest BCUT2D eigenvalue weighted by molar-refractivity contribution is 0.00448. The fourth-order valence-corrected chi connectivity index (χ4v) is 4.39. The maximum absolute atomic E-state index is 5.50. The summed E-state index contributed by atoms with van der Waals surface area (Å²) in [6.07, 6.45) is 2.51. The molecule has 2 aromatic rings. The van der Waals surface area contributed by atoms with E-state index >= 15 is 0 Å². The van der Waals surface area contributed by atoms with Crippen LogP contribution in [0.1, 0.15) is 25.3 Å². The molecule has 1 aromatic heterocycles. The van der Waals surface area contributed by atoms with Gasteiger partial charge in [-0.2, -0.15) is 0 Å². The zero-order chi connectivity index (χ0) is 17.2. The number of pyridine rings is 1. The molecule has 0 bridgehead atoms. The zero-order valence-electron chi connectivity index (χ0n) is 15.4. The molecule has 0 aliphatic carbocycles. The normalized spacial score (nSPS) is 21.6. The second-order valence-corrected chi connectivity index (χ2v) is 7.53. The van der Waals surface area contributed by atoms with E-state index in [1.807, 2.05) is 0 Å². The lowest BCUT2D eigenvalue weighted by Crippen LogP contribution is -2.48. The standard InChI is InChI=1S/C21H29N3O/c1-16-15-21(22-20-6-4-3-5-19(16)20)24-9-7-18(8-10-24)17(2)23-11-13-25-14-12-23/h3-6,15,17-18H,7-14H2,1-2H3/t17-/m0/s1. The third-order valence-corrected chi connectivity index (χ3v) is 6.08. The monoisotopic (exact) mass is 339 g/mol. The van der Waals surface area contributed by atoms with Gasteiger partial charge in [0, 0.05) is 37.6 Å². The van der Waals surface area contributed by atoms with Gasteiger partial charge in [-0.1, -0.05) is 18.2 Å². The molecule has 4 heteroatoms. The average molecular weight is 339 g/mol. The Balaban J connectivity index is 1.43. The highest BCUT2D eigenvalue weighted by Crippen LogP contribution is 2.29. The van der Waals surface area contributed by atoms with E-state index in [2.05, 4.69) is 54.0 Å². The molecule has 0 saturated carbocycles. The van der Waals surface area contributed by atoms with Crippen molar-refractivity contribution in [2.45, 2.75) is 32.7 Å². The second-order valence-electron chi connectivity index (χ2n) is 7.53. The molecule has 0 radical (unpaired) electrons. The van der Waals surface area contributed by atoms with Gasteiger partial charge in [0.25, 0.3) is 0 Å². The number of morpholine rings is 1. The van der Waals surface area contributed by atoms with Gasteiger partial charge in [0.1, 0.15) is 5.82 Å². The lowest BCUT2D eigenvalue weighted by atomic mass is 9.89. The van der Waals surface area contributed by atoms with Crippen molar-refractivity contribution in [2.24, 2.45) is 5.92 Å². The summed E-state index contributed by atoms with van der Waals surface area (Å²) in [4.78, 5) is 10.0. The number of hydrogen-bond donors (Lipinski definition) is 0. The minimum atomic E-state index is 0.664. The molecule has 0 N–H and O–H groups in total. The molecule has 0 amide bonds. The number of benzene rings is 1. The first kappa shape index (κ1) is 16.8. The lowest BCUT2D eigenvalue weighted by Gasteiger charge is -2.41. The number of fused-ring (bicyclic) bond motifs is 1. The SMILES string of the molecule is Cc1cc(N2CCC([C@H](C)N3CCOCC3)CC2)nc2ccccc12. The topological polar surface area (TPSA) is 28.6 Å². The van der Waals surface area contributed by atoms with Crippen molar-refractivity contribution in [1.82, 2.24) is 9.88 Å². The van der Waals surface area contributed by atoms with Gasteiger partial charge in [-0.05, 0) is 50.3 Å². The van der Waals surface area contributed by atoms with Gasteiger partial charge in [0.2, 0.25) is 0 Å². The van der Waals surface area contributed by atoms with Crippen LogP contribution in [0.15, 0.2) is 30.3 Å². The fourth-order valence-electron chi connectivity index (χ4n) is 4.39. The molecule has 3 heterocycles. The van der Waals surface area contributed by atoms with Crippen LogP contribution in [0, 0.1) is 12.8 Å². The molecular weight excluding hydrogens is 310 g/mol. The van der Waals surface area contributed by atoms with Crippen molar-refractivity contribution >= 4 is 16.7 Å². The molecule has 25 heavy (non-hydrogen) atoms. The van der Waals surface area contributed by atoms with Gasteiger partial charge < -0.3 is 9.64 Å². The highest BCUT2D eigenvalue weighted by atomic mass is 16.5. The Labute approximate surface area is 150 Å². The average Bonchev–Trinajstić information content (AvgIpc) is 2.68. The van der Waals surface area contributed by atoms with E-state index in [1.54, 1.807) is 0 Å². The molecule has 134 valence electrons. The minimum Gasteiger partial charge on any atom is -0.379 e. The summed E-state index contributed by atoms with van der Waals surface area (Å²) in [5.74, 6) is 1.93. The Morgan fingerprint density at radius 3 is 2.56 bits per heavy atom. The number of nitrogens with zero attached hydrogens (tertiary/aromatic N) is 3. The summed E-state index contributed by atoms with van der Waals surface area (Å²) in [6.45, 7) is 10.8. The number of ether oxygens (including phenoxy) is 1. The van der Waals surface area contributed by atoms with Crippen molar-refractivity contribution < 1.29 is 4.74 Å². The first-order chi connectivity index (χ1) is 12.2. The number of aryl methyl sites for hydroxylation is 1. The summed E-state index contributed by atoms with van der Waals surface area (Å²) in [5, 5.41) is 1.27. The van der Waals surface area contributed by atoms with Gasteiger partial charge in [0.15, 0.2) is 0 Å². The Bertz CT molecular complexity index is 718. The Morgan fingerprint density at radius 1 is 1.08 bits per heavy atom. The predicted molar refractivity (Wildman–Crippen MR) is 103 cm³/mol. The molecule has 2 saturated heterocycles. The fraction of sp³-hybridized carbons (Fsp3) is 0.571. The number of anilines is 1. The van der Waals surface area contributed by atoms with Crippen molar-refractivity contribution in [2.75, 3.05) is 44.3 Å². The quantitative estimate of drug-likeness (QED) is 0.856. The molecule has 0 unspecified atom stereocenters. The zero-order valence-corrected chi connectivity index (χ0v) is 15.4. The Hall–Kier alpha value is -1.65. The third kappa shape index (κ3) is 3.51. The van der Waals surface area contributed by atoms with E-state index in [4.69, 9.17) is 9.72 Å². The number of para-hydroxylation sites is 1. The first-order valence-corrected chi connectivity index (χ1v) is 9.65. The molecule has 1 atom stereocenters. The number of aromatic nitrogens is 1. The van der Waals surface area contributed by atoms with Crippen LogP contribution in [0.3, 0.4) is 0 Å². The van der Waals surface area contributed by atoms with Crippen LogP contribution < -0.4 is 4.90 Å². The summed E-state index contributed by atoms with van der Waals surface area (Å²) in [5.41, 5.74) is 2.44. The summed E-state index contributed by atoms with van der Waals surface area (Å²) in [6, 6.07) is 11.4. The van der Waals surface area contributed by atoms with E-state index < -0.39 is 0 Å². The van der Waals surface area contributed by atoms with Crippen molar-refractivity contribution in [3.8, 4) is 0 Å². The van der Waals surface area contributed by atoms with Gasteiger partial charge in [-0.15, -0.1) is 0 Å². The van der Waals surface area contributed by atoms with Crippen LogP contribution in [0.4, 0.5) is 5.82 Å². The molecule has 4 rings (SSSR count). The van der Waals surface area contributed by atoms with Crippen LogP contribution in [-0.4, -0.2) is 55.3 Å². The van der Waals surface area contributed by atoms with E-state index in [9.17, 15) is 0 Å². The highest BCUT2D eigenvalue weighted by Gasteiger charge is 2.29. The van der Waals surface area contributed by atoms with Gasteiger partial charge in [-0.3, -0.25) is 4.90 Å². The Morgan fingerprint density at radius 2 is 1.80 bits per heavy atom. The molecular formula is C21H29N3O. The molecule has 2 aliphatic rings. The third-order valence-electron chi connectivity index (χ3n) is 6.08. The van der Waals surface area contributed by atoms with E-state index in [0.717, 1.165) is 56.6 Å². The molecule has 2 fully saturated rings. The van der Waals surface area contributed by atoms with Crippen molar-refractivity contribution in [3.05, 3.63) is 35.9 Å². The van der Waals surface area contributed by atoms with Crippen LogP contribution in [0.5, 0.6) is 0 Å². The summed E-state index contributed by atoms with van der Waals surface area (Å²) >= 11 is 0. The van der Waals surface area contributed by atoms with E-state index in [0.29, 0.717) is 6.04 Å². The Kier molecular flexibility index (Phi) is 4.91.